The summed E-state index contributed by atoms with van der Waals surface area (Å²) in [6.07, 6.45) is -0.483. The minimum absolute atomic E-state index is 0.0195. The van der Waals surface area contributed by atoms with Crippen molar-refractivity contribution in [2.45, 2.75) is 12.1 Å². The molecular weight excluding hydrogens is 260 g/mol. The number of hydrogen-bond acceptors (Lipinski definition) is 4. The van der Waals surface area contributed by atoms with Crippen LogP contribution in [0, 0.1) is 0 Å². The Kier molecular flexibility index (Phi) is 3.26. The number of aliphatic hydroxyl groups is 1. The number of hydrogen-bond donors (Lipinski definition) is 2. The second kappa shape index (κ2) is 4.92. The molecule has 2 atom stereocenters. The number of carbonyl (C=O) groups excluding carboxylic acids is 1. The number of β-amino-alcohol motifs (C(OH)–C–C–N with tert-alkyl or cyclic N) is 1. The van der Waals surface area contributed by atoms with Gasteiger partial charge in [0.2, 0.25) is 0 Å². The summed E-state index contributed by atoms with van der Waals surface area (Å²) < 4.78 is 1.12. The van der Waals surface area contributed by atoms with Gasteiger partial charge in [0.15, 0.2) is 0 Å². The van der Waals surface area contributed by atoms with Crippen LogP contribution in [0.1, 0.15) is 9.67 Å². The molecule has 19 heavy (non-hydrogen) atoms. The van der Waals surface area contributed by atoms with E-state index in [4.69, 9.17) is 0 Å². The minimum atomic E-state index is -0.483. The fourth-order valence-corrected chi connectivity index (χ4v) is 3.50. The summed E-state index contributed by atoms with van der Waals surface area (Å²) in [5, 5.41) is 14.0. The summed E-state index contributed by atoms with van der Waals surface area (Å²) >= 11 is 1.50. The monoisotopic (exact) mass is 276 g/mol. The van der Waals surface area contributed by atoms with E-state index in [0.717, 1.165) is 15.0 Å². The highest BCUT2D eigenvalue weighted by molar-refractivity contribution is 7.20. The van der Waals surface area contributed by atoms with E-state index in [1.165, 1.54) is 11.3 Å². The molecule has 100 valence electrons. The van der Waals surface area contributed by atoms with Crippen LogP contribution in [0.2, 0.25) is 0 Å². The van der Waals surface area contributed by atoms with Crippen molar-refractivity contribution in [2.24, 2.45) is 0 Å². The van der Waals surface area contributed by atoms with Crippen molar-refractivity contribution in [3.05, 3.63) is 35.2 Å². The normalized spacial score (nSPS) is 22.8. The van der Waals surface area contributed by atoms with Crippen LogP contribution in [0.4, 0.5) is 0 Å². The molecular formula is C14H16N2O2S. The minimum Gasteiger partial charge on any atom is -0.390 e. The van der Waals surface area contributed by atoms with Crippen molar-refractivity contribution in [1.29, 1.82) is 0 Å². The van der Waals surface area contributed by atoms with Gasteiger partial charge < -0.3 is 15.3 Å². The lowest BCUT2D eigenvalue weighted by Crippen LogP contribution is -2.44. The van der Waals surface area contributed by atoms with Crippen LogP contribution in [0.25, 0.3) is 10.1 Å². The van der Waals surface area contributed by atoms with Gasteiger partial charge in [-0.05, 0) is 17.5 Å². The Hall–Kier alpha value is -1.43. The average molecular weight is 276 g/mol. The van der Waals surface area contributed by atoms with Crippen LogP contribution in [0.5, 0.6) is 0 Å². The highest BCUT2D eigenvalue weighted by Gasteiger charge is 2.32. The first kappa shape index (κ1) is 12.6. The summed E-state index contributed by atoms with van der Waals surface area (Å²) in [6.45, 7) is 1.20. The van der Waals surface area contributed by atoms with E-state index in [-0.39, 0.29) is 11.9 Å². The molecule has 0 aliphatic carbocycles. The predicted molar refractivity (Wildman–Crippen MR) is 76.6 cm³/mol. The van der Waals surface area contributed by atoms with Gasteiger partial charge in [0, 0.05) is 24.8 Å². The predicted octanol–water partition coefficient (Wildman–Crippen LogP) is 1.31. The third kappa shape index (κ3) is 2.25. The van der Waals surface area contributed by atoms with Gasteiger partial charge in [0.1, 0.15) is 0 Å². The number of amides is 1. The van der Waals surface area contributed by atoms with Crippen LogP contribution >= 0.6 is 11.3 Å². The molecule has 4 nitrogen and oxygen atoms in total. The van der Waals surface area contributed by atoms with Gasteiger partial charge in [-0.3, -0.25) is 4.79 Å². The fourth-order valence-electron chi connectivity index (χ4n) is 2.46. The van der Waals surface area contributed by atoms with Crippen LogP contribution in [0.15, 0.2) is 30.3 Å². The second-order valence-corrected chi connectivity index (χ2v) is 5.94. The van der Waals surface area contributed by atoms with Gasteiger partial charge in [0.05, 0.1) is 17.0 Å². The first-order chi connectivity index (χ1) is 9.16. The smallest absolute Gasteiger partial charge is 0.264 e. The van der Waals surface area contributed by atoms with Crippen LogP contribution in [-0.2, 0) is 0 Å². The molecule has 1 aliphatic rings. The van der Waals surface area contributed by atoms with E-state index in [0.29, 0.717) is 13.1 Å². The Morgan fingerprint density at radius 3 is 2.89 bits per heavy atom. The quantitative estimate of drug-likeness (QED) is 0.869. The largest absolute Gasteiger partial charge is 0.390 e. The molecule has 5 heteroatoms. The molecule has 1 aromatic carbocycles. The zero-order valence-electron chi connectivity index (χ0n) is 10.7. The van der Waals surface area contributed by atoms with Crippen molar-refractivity contribution in [1.82, 2.24) is 10.2 Å². The molecule has 1 aliphatic heterocycles. The first-order valence-electron chi connectivity index (χ1n) is 6.31. The lowest BCUT2D eigenvalue weighted by molar-refractivity contribution is 0.0585. The highest BCUT2D eigenvalue weighted by atomic mass is 32.1. The van der Waals surface area contributed by atoms with Gasteiger partial charge in [-0.25, -0.2) is 0 Å². The Morgan fingerprint density at radius 2 is 2.21 bits per heavy atom. The third-order valence-corrected chi connectivity index (χ3v) is 4.71. The van der Waals surface area contributed by atoms with Crippen molar-refractivity contribution < 1.29 is 9.90 Å². The summed E-state index contributed by atoms with van der Waals surface area (Å²) in [5.41, 5.74) is 0. The Labute approximate surface area is 115 Å². The summed E-state index contributed by atoms with van der Waals surface area (Å²) in [4.78, 5) is 14.8. The molecule has 0 saturated carbocycles. The molecule has 2 N–H and O–H groups in total. The zero-order valence-corrected chi connectivity index (χ0v) is 11.5. The molecule has 3 rings (SSSR count). The fraction of sp³-hybridized carbons (Fsp3) is 0.357. The third-order valence-electron chi connectivity index (χ3n) is 3.61. The van der Waals surface area contributed by atoms with E-state index < -0.39 is 6.10 Å². The van der Waals surface area contributed by atoms with E-state index in [2.05, 4.69) is 5.32 Å². The molecule has 1 aromatic heterocycles. The van der Waals surface area contributed by atoms with Gasteiger partial charge >= 0.3 is 0 Å². The number of rotatable bonds is 2. The van der Waals surface area contributed by atoms with Crippen molar-refractivity contribution in [3.8, 4) is 0 Å². The van der Waals surface area contributed by atoms with Crippen molar-refractivity contribution in [2.75, 3.05) is 20.1 Å². The summed E-state index contributed by atoms with van der Waals surface area (Å²) in [6, 6.07) is 9.75. The van der Waals surface area contributed by atoms with E-state index in [9.17, 15) is 9.90 Å². The number of fused-ring (bicyclic) bond motifs is 1. The Balaban J connectivity index is 1.86. The lowest BCUT2D eigenvalue weighted by Gasteiger charge is -2.25. The van der Waals surface area contributed by atoms with Crippen molar-refractivity contribution in [3.63, 3.8) is 0 Å². The topological polar surface area (TPSA) is 52.6 Å². The van der Waals surface area contributed by atoms with Crippen LogP contribution in [0.3, 0.4) is 0 Å². The van der Waals surface area contributed by atoms with Crippen LogP contribution in [-0.4, -0.2) is 48.2 Å². The molecule has 1 saturated heterocycles. The molecule has 1 fully saturated rings. The lowest BCUT2D eigenvalue weighted by atomic mass is 10.2. The number of thiophene rings is 1. The molecule has 0 bridgehead atoms. The number of nitrogens with one attached hydrogen (secondary N) is 1. The van der Waals surface area contributed by atoms with Gasteiger partial charge in [-0.2, -0.15) is 0 Å². The maximum atomic E-state index is 12.4. The van der Waals surface area contributed by atoms with Crippen molar-refractivity contribution >= 4 is 27.3 Å². The van der Waals surface area contributed by atoms with E-state index in [1.54, 1.807) is 11.9 Å². The average Bonchev–Trinajstić information content (AvgIpc) is 3.02. The summed E-state index contributed by atoms with van der Waals surface area (Å²) in [5.74, 6) is -0.0195. The maximum Gasteiger partial charge on any atom is 0.264 e. The second-order valence-electron chi connectivity index (χ2n) is 4.86. The number of likely N-dealkylation sites (N-methyl/N-ethyl adjacent to an activating group) is 1. The maximum absolute atomic E-state index is 12.4. The van der Waals surface area contributed by atoms with Gasteiger partial charge in [-0.15, -0.1) is 11.3 Å². The molecule has 2 heterocycles. The Morgan fingerprint density at radius 1 is 1.42 bits per heavy atom. The molecule has 1 amide bonds. The van der Waals surface area contributed by atoms with Gasteiger partial charge in [-0.1, -0.05) is 18.2 Å². The molecule has 2 aromatic rings. The zero-order chi connectivity index (χ0) is 13.4. The SMILES string of the molecule is CN(C(=O)c1cc2ccccc2s1)[C@@H]1CNC[C@H]1O. The summed E-state index contributed by atoms with van der Waals surface area (Å²) in [7, 11) is 1.76. The standard InChI is InChI=1S/C14H16N2O2S/c1-16(10-7-15-8-11(10)17)14(18)13-6-9-4-2-3-5-12(9)19-13/h2-6,10-11,15,17H,7-8H2,1H3/t10-,11-/m1/s1. The molecule has 0 radical (unpaired) electrons. The molecule has 0 unspecified atom stereocenters. The number of aliphatic hydroxyl groups excluding tert-OH is 1. The van der Waals surface area contributed by atoms with E-state index >= 15 is 0 Å². The van der Waals surface area contributed by atoms with Crippen LogP contribution < -0.4 is 5.32 Å². The number of carbonyl (C=O) groups is 1. The number of nitrogens with zero attached hydrogens (tertiary/aromatic N) is 1. The van der Waals surface area contributed by atoms with E-state index in [1.807, 2.05) is 30.3 Å². The number of benzene rings is 1. The first-order valence-corrected chi connectivity index (χ1v) is 7.13. The van der Waals surface area contributed by atoms with Gasteiger partial charge in [0.25, 0.3) is 5.91 Å². The molecule has 0 spiro atoms. The Bertz CT molecular complexity index is 577. The highest BCUT2D eigenvalue weighted by Crippen LogP contribution is 2.26.